The van der Waals surface area contributed by atoms with Crippen molar-refractivity contribution in [1.29, 1.82) is 0 Å². The first-order valence-corrected chi connectivity index (χ1v) is 8.40. The summed E-state index contributed by atoms with van der Waals surface area (Å²) >= 11 is 1.78. The van der Waals surface area contributed by atoms with Crippen LogP contribution in [0.15, 0.2) is 53.4 Å². The topological polar surface area (TPSA) is 12.0 Å². The first kappa shape index (κ1) is 15.1. The zero-order valence-electron chi connectivity index (χ0n) is 12.5. The Morgan fingerprint density at radius 1 is 0.950 bits per heavy atom. The monoisotopic (exact) mass is 285 g/mol. The molecule has 1 unspecified atom stereocenters. The van der Waals surface area contributed by atoms with E-state index in [-0.39, 0.29) is 0 Å². The molecule has 0 aliphatic carbocycles. The van der Waals surface area contributed by atoms with Gasteiger partial charge in [-0.3, -0.25) is 0 Å². The third-order valence-electron chi connectivity index (χ3n) is 3.66. The van der Waals surface area contributed by atoms with E-state index in [0.717, 1.165) is 13.0 Å². The van der Waals surface area contributed by atoms with Gasteiger partial charge in [-0.1, -0.05) is 43.3 Å². The summed E-state index contributed by atoms with van der Waals surface area (Å²) in [6.45, 7) is 5.32. The molecule has 1 atom stereocenters. The van der Waals surface area contributed by atoms with E-state index in [2.05, 4.69) is 74.0 Å². The van der Waals surface area contributed by atoms with Crippen molar-refractivity contribution in [2.45, 2.75) is 37.8 Å². The van der Waals surface area contributed by atoms with E-state index in [1.54, 1.807) is 11.8 Å². The number of thioether (sulfide) groups is 1. The van der Waals surface area contributed by atoms with Crippen molar-refractivity contribution in [2.75, 3.05) is 6.26 Å². The SMILES string of the molecule is CCc1ccc(C(C)NCc2ccc(SC)cc2)cc1. The van der Waals surface area contributed by atoms with Gasteiger partial charge in [0.2, 0.25) is 0 Å². The smallest absolute Gasteiger partial charge is 0.0294 e. The fraction of sp³-hybridized carbons (Fsp3) is 0.333. The fourth-order valence-electron chi connectivity index (χ4n) is 2.17. The molecule has 0 aliphatic heterocycles. The van der Waals surface area contributed by atoms with Gasteiger partial charge in [-0.25, -0.2) is 0 Å². The first-order valence-electron chi connectivity index (χ1n) is 7.18. The second-order valence-corrected chi connectivity index (χ2v) is 5.93. The van der Waals surface area contributed by atoms with Crippen molar-refractivity contribution in [1.82, 2.24) is 5.32 Å². The Morgan fingerprint density at radius 2 is 1.55 bits per heavy atom. The molecule has 2 aromatic rings. The van der Waals surface area contributed by atoms with Crippen LogP contribution < -0.4 is 5.32 Å². The number of rotatable bonds is 6. The molecule has 1 nitrogen and oxygen atoms in total. The highest BCUT2D eigenvalue weighted by atomic mass is 32.2. The van der Waals surface area contributed by atoms with E-state index in [0.29, 0.717) is 6.04 Å². The molecule has 106 valence electrons. The largest absolute Gasteiger partial charge is 0.306 e. The molecular weight excluding hydrogens is 262 g/mol. The molecule has 0 bridgehead atoms. The highest BCUT2D eigenvalue weighted by molar-refractivity contribution is 7.98. The summed E-state index contributed by atoms with van der Waals surface area (Å²) in [5, 5.41) is 3.58. The zero-order valence-corrected chi connectivity index (χ0v) is 13.3. The van der Waals surface area contributed by atoms with Gasteiger partial charge < -0.3 is 5.32 Å². The highest BCUT2D eigenvalue weighted by Gasteiger charge is 2.04. The number of aryl methyl sites for hydroxylation is 1. The minimum absolute atomic E-state index is 0.376. The standard InChI is InChI=1S/C18H23NS/c1-4-15-5-9-17(10-6-15)14(2)19-13-16-7-11-18(20-3)12-8-16/h5-12,14,19H,4,13H2,1-3H3. The van der Waals surface area contributed by atoms with E-state index in [4.69, 9.17) is 0 Å². The Kier molecular flexibility index (Phi) is 5.69. The van der Waals surface area contributed by atoms with Gasteiger partial charge in [0.1, 0.15) is 0 Å². The molecule has 0 saturated heterocycles. The number of hydrogen-bond acceptors (Lipinski definition) is 2. The molecule has 2 aromatic carbocycles. The molecule has 0 aromatic heterocycles. The van der Waals surface area contributed by atoms with Gasteiger partial charge in [0.05, 0.1) is 0 Å². The normalized spacial score (nSPS) is 12.3. The van der Waals surface area contributed by atoms with Crippen LogP contribution in [0.3, 0.4) is 0 Å². The van der Waals surface area contributed by atoms with E-state index >= 15 is 0 Å². The van der Waals surface area contributed by atoms with Crippen LogP contribution in [0.5, 0.6) is 0 Å². The minimum atomic E-state index is 0.376. The van der Waals surface area contributed by atoms with Gasteiger partial charge in [0.25, 0.3) is 0 Å². The lowest BCUT2D eigenvalue weighted by molar-refractivity contribution is 0.574. The summed E-state index contributed by atoms with van der Waals surface area (Å²) < 4.78 is 0. The summed E-state index contributed by atoms with van der Waals surface area (Å²) in [4.78, 5) is 1.32. The number of hydrogen-bond donors (Lipinski definition) is 1. The van der Waals surface area contributed by atoms with E-state index in [1.807, 2.05) is 0 Å². The van der Waals surface area contributed by atoms with Crippen LogP contribution in [0.1, 0.15) is 36.6 Å². The van der Waals surface area contributed by atoms with E-state index < -0.39 is 0 Å². The van der Waals surface area contributed by atoms with E-state index in [9.17, 15) is 0 Å². The zero-order chi connectivity index (χ0) is 14.4. The van der Waals surface area contributed by atoms with Crippen LogP contribution >= 0.6 is 11.8 Å². The van der Waals surface area contributed by atoms with Crippen LogP contribution in [0.4, 0.5) is 0 Å². The highest BCUT2D eigenvalue weighted by Crippen LogP contribution is 2.17. The molecule has 1 N–H and O–H groups in total. The molecule has 0 heterocycles. The van der Waals surface area contributed by atoms with Gasteiger partial charge in [-0.15, -0.1) is 11.8 Å². The second-order valence-electron chi connectivity index (χ2n) is 5.05. The van der Waals surface area contributed by atoms with Crippen molar-refractivity contribution in [2.24, 2.45) is 0 Å². The Balaban J connectivity index is 1.91. The number of nitrogens with one attached hydrogen (secondary N) is 1. The Hall–Kier alpha value is -1.25. The molecule has 0 amide bonds. The molecule has 0 saturated carbocycles. The fourth-order valence-corrected chi connectivity index (χ4v) is 2.58. The predicted octanol–water partition coefficient (Wildman–Crippen LogP) is 4.82. The summed E-state index contributed by atoms with van der Waals surface area (Å²) in [6.07, 6.45) is 3.21. The third-order valence-corrected chi connectivity index (χ3v) is 4.40. The average molecular weight is 285 g/mol. The molecule has 20 heavy (non-hydrogen) atoms. The van der Waals surface area contributed by atoms with Crippen molar-refractivity contribution in [3.05, 3.63) is 65.2 Å². The van der Waals surface area contributed by atoms with Crippen molar-refractivity contribution in [3.8, 4) is 0 Å². The van der Waals surface area contributed by atoms with Gasteiger partial charge >= 0.3 is 0 Å². The van der Waals surface area contributed by atoms with Crippen molar-refractivity contribution in [3.63, 3.8) is 0 Å². The van der Waals surface area contributed by atoms with Crippen molar-refractivity contribution >= 4 is 11.8 Å². The average Bonchev–Trinajstić information content (AvgIpc) is 2.53. The second kappa shape index (κ2) is 7.51. The van der Waals surface area contributed by atoms with E-state index in [1.165, 1.54) is 21.6 Å². The summed E-state index contributed by atoms with van der Waals surface area (Å²) in [7, 11) is 0. The maximum atomic E-state index is 3.58. The summed E-state index contributed by atoms with van der Waals surface area (Å²) in [6, 6.07) is 18.0. The molecule has 0 radical (unpaired) electrons. The molecule has 0 aliphatic rings. The summed E-state index contributed by atoms with van der Waals surface area (Å²) in [5.74, 6) is 0. The molecular formula is C18H23NS. The lowest BCUT2D eigenvalue weighted by Gasteiger charge is -2.15. The Labute approximate surface area is 126 Å². The predicted molar refractivity (Wildman–Crippen MR) is 89.3 cm³/mol. The number of benzene rings is 2. The Bertz CT molecular complexity index is 516. The van der Waals surface area contributed by atoms with Gasteiger partial charge in [0, 0.05) is 17.5 Å². The lowest BCUT2D eigenvalue weighted by Crippen LogP contribution is -2.18. The van der Waals surface area contributed by atoms with Crippen LogP contribution in [-0.4, -0.2) is 6.26 Å². The van der Waals surface area contributed by atoms with Gasteiger partial charge in [-0.05, 0) is 48.4 Å². The Morgan fingerprint density at radius 3 is 2.10 bits per heavy atom. The van der Waals surface area contributed by atoms with Crippen LogP contribution in [0, 0.1) is 0 Å². The molecule has 2 rings (SSSR count). The molecule has 0 fully saturated rings. The quantitative estimate of drug-likeness (QED) is 0.764. The minimum Gasteiger partial charge on any atom is -0.306 e. The van der Waals surface area contributed by atoms with Crippen molar-refractivity contribution < 1.29 is 0 Å². The molecule has 2 heteroatoms. The van der Waals surface area contributed by atoms with Crippen LogP contribution in [-0.2, 0) is 13.0 Å². The lowest BCUT2D eigenvalue weighted by atomic mass is 10.0. The third kappa shape index (κ3) is 4.12. The van der Waals surface area contributed by atoms with Gasteiger partial charge in [0.15, 0.2) is 0 Å². The first-order chi connectivity index (χ1) is 9.72. The maximum absolute atomic E-state index is 3.58. The van der Waals surface area contributed by atoms with Gasteiger partial charge in [-0.2, -0.15) is 0 Å². The maximum Gasteiger partial charge on any atom is 0.0294 e. The van der Waals surface area contributed by atoms with Crippen LogP contribution in [0.2, 0.25) is 0 Å². The van der Waals surface area contributed by atoms with Crippen LogP contribution in [0.25, 0.3) is 0 Å². The summed E-state index contributed by atoms with van der Waals surface area (Å²) in [5.41, 5.74) is 4.08. The molecule has 0 spiro atoms.